The van der Waals surface area contributed by atoms with Gasteiger partial charge in [0.1, 0.15) is 0 Å². The topological polar surface area (TPSA) is 58.3 Å². The standard InChI is InChI=1S/C8H9BN2O2/c1-11-5-6-4-7(9(12)13)2-3-8(6)10-11/h2-5,12-13H,1H3. The summed E-state index contributed by atoms with van der Waals surface area (Å²) in [5.74, 6) is 0. The smallest absolute Gasteiger partial charge is 0.423 e. The predicted molar refractivity (Wildman–Crippen MR) is 50.5 cm³/mol. The van der Waals surface area contributed by atoms with Gasteiger partial charge in [0.25, 0.3) is 0 Å². The van der Waals surface area contributed by atoms with E-state index in [1.807, 2.05) is 13.2 Å². The van der Waals surface area contributed by atoms with Crippen molar-refractivity contribution in [2.45, 2.75) is 0 Å². The number of benzene rings is 1. The molecule has 0 atom stereocenters. The first-order valence-electron chi connectivity index (χ1n) is 3.96. The SMILES string of the molecule is Cn1cc2cc(B(O)O)ccc2n1. The third-order valence-electron chi connectivity index (χ3n) is 1.94. The van der Waals surface area contributed by atoms with E-state index < -0.39 is 7.12 Å². The van der Waals surface area contributed by atoms with Gasteiger partial charge in [-0.05, 0) is 11.5 Å². The molecule has 0 amide bonds. The molecule has 13 heavy (non-hydrogen) atoms. The Bertz CT molecular complexity index is 439. The van der Waals surface area contributed by atoms with Crippen molar-refractivity contribution in [3.63, 3.8) is 0 Å². The fourth-order valence-corrected chi connectivity index (χ4v) is 1.33. The molecule has 5 heteroatoms. The molecule has 0 unspecified atom stereocenters. The minimum Gasteiger partial charge on any atom is -0.423 e. The fourth-order valence-electron chi connectivity index (χ4n) is 1.33. The van der Waals surface area contributed by atoms with Crippen molar-refractivity contribution in [2.24, 2.45) is 7.05 Å². The van der Waals surface area contributed by atoms with Crippen LogP contribution in [-0.4, -0.2) is 26.9 Å². The van der Waals surface area contributed by atoms with Crippen LogP contribution in [0, 0.1) is 0 Å². The molecule has 0 saturated carbocycles. The number of fused-ring (bicyclic) bond motifs is 1. The molecule has 2 rings (SSSR count). The van der Waals surface area contributed by atoms with Crippen LogP contribution in [0.3, 0.4) is 0 Å². The quantitative estimate of drug-likeness (QED) is 0.562. The van der Waals surface area contributed by atoms with E-state index in [1.165, 1.54) is 0 Å². The van der Waals surface area contributed by atoms with Gasteiger partial charge in [-0.1, -0.05) is 12.1 Å². The highest BCUT2D eigenvalue weighted by Gasteiger charge is 2.11. The van der Waals surface area contributed by atoms with E-state index >= 15 is 0 Å². The van der Waals surface area contributed by atoms with E-state index in [2.05, 4.69) is 5.10 Å². The molecule has 1 heterocycles. The van der Waals surface area contributed by atoms with Crippen LogP contribution in [-0.2, 0) is 7.05 Å². The number of aryl methyl sites for hydroxylation is 1. The van der Waals surface area contributed by atoms with Gasteiger partial charge in [0.05, 0.1) is 5.52 Å². The van der Waals surface area contributed by atoms with Crippen LogP contribution in [0.25, 0.3) is 10.9 Å². The third kappa shape index (κ3) is 1.43. The van der Waals surface area contributed by atoms with Gasteiger partial charge in [0.2, 0.25) is 0 Å². The molecule has 1 aromatic carbocycles. The highest BCUT2D eigenvalue weighted by atomic mass is 16.4. The van der Waals surface area contributed by atoms with E-state index in [9.17, 15) is 0 Å². The average molecular weight is 176 g/mol. The Hall–Kier alpha value is -1.33. The molecule has 66 valence electrons. The zero-order chi connectivity index (χ0) is 9.42. The molecule has 4 nitrogen and oxygen atoms in total. The van der Waals surface area contributed by atoms with Crippen LogP contribution in [0.2, 0.25) is 0 Å². The lowest BCUT2D eigenvalue weighted by atomic mass is 9.80. The maximum absolute atomic E-state index is 8.92. The second-order valence-electron chi connectivity index (χ2n) is 2.99. The zero-order valence-electron chi connectivity index (χ0n) is 7.18. The molecule has 0 spiro atoms. The molecular weight excluding hydrogens is 167 g/mol. The van der Waals surface area contributed by atoms with Crippen molar-refractivity contribution >= 4 is 23.5 Å². The zero-order valence-corrected chi connectivity index (χ0v) is 7.18. The Kier molecular flexibility index (Phi) is 1.83. The van der Waals surface area contributed by atoms with E-state index in [1.54, 1.807) is 22.9 Å². The summed E-state index contributed by atoms with van der Waals surface area (Å²) >= 11 is 0. The highest BCUT2D eigenvalue weighted by Crippen LogP contribution is 2.08. The average Bonchev–Trinajstić information content (AvgIpc) is 2.42. The van der Waals surface area contributed by atoms with Gasteiger partial charge in [-0.3, -0.25) is 4.68 Å². The van der Waals surface area contributed by atoms with Crippen molar-refractivity contribution in [3.8, 4) is 0 Å². The lowest BCUT2D eigenvalue weighted by Gasteiger charge is -1.96. The Morgan fingerprint density at radius 2 is 2.15 bits per heavy atom. The highest BCUT2D eigenvalue weighted by molar-refractivity contribution is 6.58. The molecule has 0 aliphatic rings. The molecule has 0 saturated heterocycles. The second kappa shape index (κ2) is 2.87. The van der Waals surface area contributed by atoms with Crippen LogP contribution >= 0.6 is 0 Å². The van der Waals surface area contributed by atoms with Gasteiger partial charge in [0, 0.05) is 18.6 Å². The lowest BCUT2D eigenvalue weighted by Crippen LogP contribution is -2.29. The predicted octanol–water partition coefficient (Wildman–Crippen LogP) is -0.747. The summed E-state index contributed by atoms with van der Waals surface area (Å²) in [7, 11) is 0.416. The first-order chi connectivity index (χ1) is 6.16. The number of rotatable bonds is 1. The van der Waals surface area contributed by atoms with Crippen LogP contribution in [0.4, 0.5) is 0 Å². The Labute approximate surface area is 75.6 Å². The van der Waals surface area contributed by atoms with E-state index in [-0.39, 0.29) is 0 Å². The molecule has 0 radical (unpaired) electrons. The van der Waals surface area contributed by atoms with E-state index in [0.29, 0.717) is 5.46 Å². The molecule has 0 fully saturated rings. The van der Waals surface area contributed by atoms with Gasteiger partial charge in [-0.25, -0.2) is 0 Å². The summed E-state index contributed by atoms with van der Waals surface area (Å²) in [5.41, 5.74) is 1.34. The minimum absolute atomic E-state index is 0.487. The largest absolute Gasteiger partial charge is 0.488 e. The molecule has 0 bridgehead atoms. The van der Waals surface area contributed by atoms with Crippen molar-refractivity contribution in [2.75, 3.05) is 0 Å². The van der Waals surface area contributed by atoms with Gasteiger partial charge < -0.3 is 10.0 Å². The van der Waals surface area contributed by atoms with Gasteiger partial charge in [0.15, 0.2) is 0 Å². The first-order valence-corrected chi connectivity index (χ1v) is 3.96. The third-order valence-corrected chi connectivity index (χ3v) is 1.94. The summed E-state index contributed by atoms with van der Waals surface area (Å²) in [6.07, 6.45) is 1.83. The van der Waals surface area contributed by atoms with Crippen LogP contribution < -0.4 is 5.46 Å². The first kappa shape index (κ1) is 8.28. The summed E-state index contributed by atoms with van der Waals surface area (Å²) in [4.78, 5) is 0. The number of aromatic nitrogens is 2. The van der Waals surface area contributed by atoms with Crippen LogP contribution in [0.1, 0.15) is 0 Å². The normalized spacial score (nSPS) is 10.7. The Morgan fingerprint density at radius 3 is 2.85 bits per heavy atom. The van der Waals surface area contributed by atoms with Gasteiger partial charge >= 0.3 is 7.12 Å². The molecule has 0 aliphatic heterocycles. The lowest BCUT2D eigenvalue weighted by molar-refractivity contribution is 0.426. The van der Waals surface area contributed by atoms with Gasteiger partial charge in [-0.2, -0.15) is 5.10 Å². The summed E-state index contributed by atoms with van der Waals surface area (Å²) in [6, 6.07) is 5.14. The maximum Gasteiger partial charge on any atom is 0.488 e. The number of nitrogens with zero attached hydrogens (tertiary/aromatic N) is 2. The van der Waals surface area contributed by atoms with E-state index in [4.69, 9.17) is 10.0 Å². The van der Waals surface area contributed by atoms with E-state index in [0.717, 1.165) is 10.9 Å². The second-order valence-corrected chi connectivity index (χ2v) is 2.99. The summed E-state index contributed by atoms with van der Waals surface area (Å²) in [5, 5.41) is 22.9. The molecule has 1 aromatic heterocycles. The minimum atomic E-state index is -1.41. The van der Waals surface area contributed by atoms with Crippen molar-refractivity contribution < 1.29 is 10.0 Å². The van der Waals surface area contributed by atoms with Crippen LogP contribution in [0.15, 0.2) is 24.4 Å². The fraction of sp³-hybridized carbons (Fsp3) is 0.125. The molecule has 2 aromatic rings. The summed E-state index contributed by atoms with van der Waals surface area (Å²) < 4.78 is 1.69. The Balaban J connectivity index is 2.61. The van der Waals surface area contributed by atoms with Crippen LogP contribution in [0.5, 0.6) is 0 Å². The molecule has 2 N–H and O–H groups in total. The van der Waals surface area contributed by atoms with Crippen molar-refractivity contribution in [3.05, 3.63) is 24.4 Å². The molecular formula is C8H9BN2O2. The van der Waals surface area contributed by atoms with Crippen molar-refractivity contribution in [1.82, 2.24) is 9.78 Å². The number of hydrogen-bond donors (Lipinski definition) is 2. The van der Waals surface area contributed by atoms with Crippen molar-refractivity contribution in [1.29, 1.82) is 0 Å². The molecule has 0 aliphatic carbocycles. The number of hydrogen-bond acceptors (Lipinski definition) is 3. The monoisotopic (exact) mass is 176 g/mol. The summed E-state index contributed by atoms with van der Waals surface area (Å²) in [6.45, 7) is 0. The maximum atomic E-state index is 8.92. The Morgan fingerprint density at radius 1 is 1.38 bits per heavy atom. The van der Waals surface area contributed by atoms with Gasteiger partial charge in [-0.15, -0.1) is 0 Å².